The third kappa shape index (κ3) is 4.42. The molecule has 1 aliphatic carbocycles. The summed E-state index contributed by atoms with van der Waals surface area (Å²) in [6.45, 7) is 0.0109. The summed E-state index contributed by atoms with van der Waals surface area (Å²) in [6.07, 6.45) is 3.54. The molecule has 0 saturated heterocycles. The van der Waals surface area contributed by atoms with Crippen LogP contribution >= 0.6 is 15.9 Å². The SMILES string of the molecule is CC1CCC(NCc2cc(Br)ccc2OC(F)F)C1. The Kier molecular flexibility index (Phi) is 5.16. The zero-order valence-corrected chi connectivity index (χ0v) is 12.4. The van der Waals surface area contributed by atoms with E-state index in [-0.39, 0.29) is 5.75 Å². The van der Waals surface area contributed by atoms with E-state index in [4.69, 9.17) is 0 Å². The molecule has 1 N–H and O–H groups in total. The lowest BCUT2D eigenvalue weighted by atomic mass is 10.1. The van der Waals surface area contributed by atoms with Gasteiger partial charge in [0.05, 0.1) is 0 Å². The third-order valence-corrected chi connectivity index (χ3v) is 4.01. The Hall–Kier alpha value is -0.680. The van der Waals surface area contributed by atoms with Gasteiger partial charge in [-0.1, -0.05) is 22.9 Å². The number of halogens is 3. The molecule has 1 aromatic carbocycles. The van der Waals surface area contributed by atoms with Crippen LogP contribution in [0.25, 0.3) is 0 Å². The predicted octanol–water partition coefficient (Wildman–Crippen LogP) is 4.33. The van der Waals surface area contributed by atoms with Crippen LogP contribution in [0, 0.1) is 5.92 Å². The van der Waals surface area contributed by atoms with E-state index in [1.807, 2.05) is 6.07 Å². The zero-order chi connectivity index (χ0) is 13.8. The molecule has 106 valence electrons. The van der Waals surface area contributed by atoms with Crippen LogP contribution in [-0.2, 0) is 6.54 Å². The van der Waals surface area contributed by atoms with Crippen molar-refractivity contribution in [1.29, 1.82) is 0 Å². The van der Waals surface area contributed by atoms with E-state index in [1.165, 1.54) is 6.42 Å². The molecule has 0 aromatic heterocycles. The van der Waals surface area contributed by atoms with Gasteiger partial charge in [-0.2, -0.15) is 8.78 Å². The van der Waals surface area contributed by atoms with Gasteiger partial charge in [0.2, 0.25) is 0 Å². The Morgan fingerprint density at radius 2 is 2.21 bits per heavy atom. The average molecular weight is 334 g/mol. The molecule has 1 saturated carbocycles. The summed E-state index contributed by atoms with van der Waals surface area (Å²) in [4.78, 5) is 0. The van der Waals surface area contributed by atoms with Crippen LogP contribution in [0.3, 0.4) is 0 Å². The van der Waals surface area contributed by atoms with Crippen molar-refractivity contribution in [2.24, 2.45) is 5.92 Å². The van der Waals surface area contributed by atoms with E-state index in [9.17, 15) is 8.78 Å². The Labute approximate surface area is 120 Å². The summed E-state index contributed by atoms with van der Waals surface area (Å²) >= 11 is 3.35. The molecule has 2 rings (SSSR count). The minimum atomic E-state index is -2.79. The molecule has 2 unspecified atom stereocenters. The van der Waals surface area contributed by atoms with E-state index in [1.54, 1.807) is 12.1 Å². The number of hydrogen-bond donors (Lipinski definition) is 1. The minimum Gasteiger partial charge on any atom is -0.434 e. The first-order chi connectivity index (χ1) is 9.04. The van der Waals surface area contributed by atoms with Crippen molar-refractivity contribution < 1.29 is 13.5 Å². The van der Waals surface area contributed by atoms with E-state index < -0.39 is 6.61 Å². The second kappa shape index (κ2) is 6.66. The highest BCUT2D eigenvalue weighted by molar-refractivity contribution is 9.10. The van der Waals surface area contributed by atoms with Gasteiger partial charge in [0.25, 0.3) is 0 Å². The lowest BCUT2D eigenvalue weighted by Crippen LogP contribution is -2.26. The molecule has 0 radical (unpaired) electrons. The van der Waals surface area contributed by atoms with Crippen molar-refractivity contribution in [2.45, 2.75) is 45.4 Å². The van der Waals surface area contributed by atoms with Gasteiger partial charge < -0.3 is 10.1 Å². The van der Waals surface area contributed by atoms with Gasteiger partial charge in [-0.25, -0.2) is 0 Å². The van der Waals surface area contributed by atoms with Crippen LogP contribution in [0.15, 0.2) is 22.7 Å². The largest absolute Gasteiger partial charge is 0.434 e. The van der Waals surface area contributed by atoms with Gasteiger partial charge >= 0.3 is 6.61 Å². The summed E-state index contributed by atoms with van der Waals surface area (Å²) in [5.41, 5.74) is 0.759. The smallest absolute Gasteiger partial charge is 0.387 e. The molecule has 5 heteroatoms. The van der Waals surface area contributed by atoms with Crippen molar-refractivity contribution in [2.75, 3.05) is 0 Å². The maximum Gasteiger partial charge on any atom is 0.387 e. The molecule has 0 heterocycles. The van der Waals surface area contributed by atoms with Crippen LogP contribution in [0.5, 0.6) is 5.75 Å². The summed E-state index contributed by atoms with van der Waals surface area (Å²) < 4.78 is 30.1. The highest BCUT2D eigenvalue weighted by Gasteiger charge is 2.21. The molecular weight excluding hydrogens is 316 g/mol. The van der Waals surface area contributed by atoms with E-state index in [0.29, 0.717) is 12.6 Å². The van der Waals surface area contributed by atoms with Crippen LogP contribution in [0.1, 0.15) is 31.7 Å². The molecule has 0 amide bonds. The van der Waals surface area contributed by atoms with Crippen molar-refractivity contribution in [1.82, 2.24) is 5.32 Å². The fourth-order valence-electron chi connectivity index (χ4n) is 2.54. The molecular formula is C14H18BrF2NO. The monoisotopic (exact) mass is 333 g/mol. The summed E-state index contributed by atoms with van der Waals surface area (Å²) in [5, 5.41) is 3.42. The second-order valence-electron chi connectivity index (χ2n) is 5.13. The first kappa shape index (κ1) is 14.7. The number of benzene rings is 1. The molecule has 19 heavy (non-hydrogen) atoms. The van der Waals surface area contributed by atoms with E-state index in [2.05, 4.69) is 32.9 Å². The first-order valence-electron chi connectivity index (χ1n) is 6.51. The molecule has 1 fully saturated rings. The van der Waals surface area contributed by atoms with Crippen LogP contribution in [-0.4, -0.2) is 12.7 Å². The topological polar surface area (TPSA) is 21.3 Å². The van der Waals surface area contributed by atoms with Gasteiger partial charge in [0, 0.05) is 22.6 Å². The van der Waals surface area contributed by atoms with Gasteiger partial charge in [0.1, 0.15) is 5.75 Å². The molecule has 0 spiro atoms. The summed E-state index contributed by atoms with van der Waals surface area (Å²) in [5.74, 6) is 0.994. The highest BCUT2D eigenvalue weighted by atomic mass is 79.9. The Morgan fingerprint density at radius 1 is 1.42 bits per heavy atom. The maximum atomic E-state index is 12.3. The lowest BCUT2D eigenvalue weighted by Gasteiger charge is -2.15. The minimum absolute atomic E-state index is 0.247. The molecule has 0 bridgehead atoms. The maximum absolute atomic E-state index is 12.3. The molecule has 2 nitrogen and oxygen atoms in total. The fourth-order valence-corrected chi connectivity index (χ4v) is 2.95. The van der Waals surface area contributed by atoms with Gasteiger partial charge in [-0.15, -0.1) is 0 Å². The molecule has 0 aliphatic heterocycles. The van der Waals surface area contributed by atoms with Crippen LogP contribution < -0.4 is 10.1 Å². The number of rotatable bonds is 5. The Bertz CT molecular complexity index is 428. The van der Waals surface area contributed by atoms with Crippen molar-refractivity contribution >= 4 is 15.9 Å². The van der Waals surface area contributed by atoms with Gasteiger partial charge in [-0.3, -0.25) is 0 Å². The number of hydrogen-bond acceptors (Lipinski definition) is 2. The van der Waals surface area contributed by atoms with E-state index in [0.717, 1.165) is 28.8 Å². The first-order valence-corrected chi connectivity index (χ1v) is 7.30. The Balaban J connectivity index is 1.99. The Morgan fingerprint density at radius 3 is 2.84 bits per heavy atom. The van der Waals surface area contributed by atoms with Crippen molar-refractivity contribution in [3.05, 3.63) is 28.2 Å². The highest BCUT2D eigenvalue weighted by Crippen LogP contribution is 2.27. The van der Waals surface area contributed by atoms with Crippen molar-refractivity contribution in [3.63, 3.8) is 0 Å². The molecule has 1 aliphatic rings. The van der Waals surface area contributed by atoms with E-state index >= 15 is 0 Å². The zero-order valence-electron chi connectivity index (χ0n) is 10.8. The quantitative estimate of drug-likeness (QED) is 0.865. The lowest BCUT2D eigenvalue weighted by molar-refractivity contribution is -0.0505. The number of alkyl halides is 2. The van der Waals surface area contributed by atoms with Gasteiger partial charge in [-0.05, 0) is 43.4 Å². The normalized spacial score (nSPS) is 23.0. The standard InChI is InChI=1S/C14H18BrF2NO/c1-9-2-4-12(6-9)18-8-10-7-11(15)3-5-13(10)19-14(16)17/h3,5,7,9,12,14,18H,2,4,6,8H2,1H3. The fraction of sp³-hybridized carbons (Fsp3) is 0.571. The number of ether oxygens (including phenoxy) is 1. The van der Waals surface area contributed by atoms with Gasteiger partial charge in [0.15, 0.2) is 0 Å². The summed E-state index contributed by atoms with van der Waals surface area (Å²) in [6, 6.07) is 5.58. The molecule has 1 aromatic rings. The third-order valence-electron chi connectivity index (χ3n) is 3.51. The predicted molar refractivity (Wildman–Crippen MR) is 74.4 cm³/mol. The van der Waals surface area contributed by atoms with Crippen LogP contribution in [0.2, 0.25) is 0 Å². The summed E-state index contributed by atoms with van der Waals surface area (Å²) in [7, 11) is 0. The number of nitrogens with one attached hydrogen (secondary N) is 1. The molecule has 2 atom stereocenters. The second-order valence-corrected chi connectivity index (χ2v) is 6.04. The van der Waals surface area contributed by atoms with Crippen LogP contribution in [0.4, 0.5) is 8.78 Å². The van der Waals surface area contributed by atoms with Crippen molar-refractivity contribution in [3.8, 4) is 5.75 Å². The average Bonchev–Trinajstić information content (AvgIpc) is 2.75.